The van der Waals surface area contributed by atoms with Gasteiger partial charge in [-0.2, -0.15) is 5.10 Å². The van der Waals surface area contributed by atoms with E-state index in [1.54, 1.807) is 0 Å². The normalized spacial score (nSPS) is 23.0. The van der Waals surface area contributed by atoms with Gasteiger partial charge in [0.1, 0.15) is 0 Å². The number of hydrogen-bond donors (Lipinski definition) is 1. The van der Waals surface area contributed by atoms with Crippen LogP contribution in [0.4, 0.5) is 5.95 Å². The molecule has 0 radical (unpaired) electrons. The van der Waals surface area contributed by atoms with Gasteiger partial charge in [-0.25, -0.2) is 9.97 Å². The molecule has 150 valence electrons. The van der Waals surface area contributed by atoms with E-state index in [1.807, 2.05) is 23.1 Å². The van der Waals surface area contributed by atoms with E-state index in [-0.39, 0.29) is 6.61 Å². The smallest absolute Gasteiger partial charge is 0.225 e. The summed E-state index contributed by atoms with van der Waals surface area (Å²) < 4.78 is 2.00. The van der Waals surface area contributed by atoms with Crippen LogP contribution < -0.4 is 4.90 Å². The second kappa shape index (κ2) is 7.79. The Morgan fingerprint density at radius 3 is 2.71 bits per heavy atom. The summed E-state index contributed by atoms with van der Waals surface area (Å²) in [6, 6.07) is 2.37. The summed E-state index contributed by atoms with van der Waals surface area (Å²) in [6.45, 7) is 5.07. The summed E-state index contributed by atoms with van der Waals surface area (Å²) in [5.74, 6) is 1.70. The van der Waals surface area contributed by atoms with Gasteiger partial charge >= 0.3 is 0 Å². The zero-order chi connectivity index (χ0) is 18.9. The Kier molecular flexibility index (Phi) is 5.03. The Bertz CT molecular complexity index is 811. The number of rotatable bonds is 7. The average molecular weight is 383 g/mol. The van der Waals surface area contributed by atoms with Crippen molar-refractivity contribution in [3.8, 4) is 11.3 Å². The lowest BCUT2D eigenvalue weighted by molar-refractivity contribution is 0.225. The quantitative estimate of drug-likeness (QED) is 0.793. The van der Waals surface area contributed by atoms with Gasteiger partial charge < -0.3 is 10.0 Å². The SMILES string of the molecule is OCCn1ncc(-c2ccnc(N3CCCC3)n2)c1[C@@H]1CCCN1CC1CC1. The van der Waals surface area contributed by atoms with Crippen LogP contribution in [0.25, 0.3) is 11.3 Å². The van der Waals surface area contributed by atoms with Crippen molar-refractivity contribution in [2.75, 3.05) is 37.7 Å². The van der Waals surface area contributed by atoms with Crippen LogP contribution in [0.5, 0.6) is 0 Å². The maximum atomic E-state index is 9.57. The predicted molar refractivity (Wildman–Crippen MR) is 108 cm³/mol. The highest BCUT2D eigenvalue weighted by atomic mass is 16.3. The Labute approximate surface area is 166 Å². The molecule has 1 atom stereocenters. The average Bonchev–Trinajstić information content (AvgIpc) is 3.12. The second-order valence-corrected chi connectivity index (χ2v) is 8.42. The Hall–Kier alpha value is -1.99. The molecule has 3 fully saturated rings. The lowest BCUT2D eigenvalue weighted by Gasteiger charge is -2.26. The summed E-state index contributed by atoms with van der Waals surface area (Å²) in [5, 5.41) is 14.2. The maximum Gasteiger partial charge on any atom is 0.225 e. The number of hydrogen-bond acceptors (Lipinski definition) is 6. The second-order valence-electron chi connectivity index (χ2n) is 8.42. The fourth-order valence-electron chi connectivity index (χ4n) is 4.77. The molecule has 2 aromatic heterocycles. The molecule has 2 saturated heterocycles. The summed E-state index contributed by atoms with van der Waals surface area (Å²) in [4.78, 5) is 14.3. The van der Waals surface area contributed by atoms with E-state index in [1.165, 1.54) is 44.3 Å². The molecule has 0 amide bonds. The van der Waals surface area contributed by atoms with Gasteiger partial charge in [0.15, 0.2) is 0 Å². The van der Waals surface area contributed by atoms with E-state index >= 15 is 0 Å². The predicted octanol–water partition coefficient (Wildman–Crippen LogP) is 2.48. The standard InChI is InChI=1S/C21H30N6O/c28-13-12-27-20(19-4-3-11-26(19)15-16-5-6-16)17(14-23-27)18-7-8-22-21(24-18)25-9-1-2-10-25/h7-8,14,16,19,28H,1-6,9-13,15H2/t19-/m0/s1. The van der Waals surface area contributed by atoms with E-state index < -0.39 is 0 Å². The minimum absolute atomic E-state index is 0.103. The van der Waals surface area contributed by atoms with Gasteiger partial charge in [0.25, 0.3) is 0 Å². The van der Waals surface area contributed by atoms with E-state index in [0.717, 1.165) is 49.2 Å². The molecule has 0 aromatic carbocycles. The number of anilines is 1. The van der Waals surface area contributed by atoms with Crippen LogP contribution >= 0.6 is 0 Å². The summed E-state index contributed by atoms with van der Waals surface area (Å²) in [7, 11) is 0. The number of aliphatic hydroxyl groups is 1. The van der Waals surface area contributed by atoms with E-state index in [4.69, 9.17) is 4.98 Å². The molecule has 0 bridgehead atoms. The van der Waals surface area contributed by atoms with Crippen LogP contribution in [0.1, 0.15) is 50.3 Å². The molecule has 1 N–H and O–H groups in total. The zero-order valence-electron chi connectivity index (χ0n) is 16.5. The van der Waals surface area contributed by atoms with Gasteiger partial charge in [0.05, 0.1) is 36.8 Å². The van der Waals surface area contributed by atoms with E-state index in [9.17, 15) is 5.11 Å². The first-order valence-corrected chi connectivity index (χ1v) is 10.8. The molecular weight excluding hydrogens is 352 g/mol. The third kappa shape index (κ3) is 3.53. The molecule has 2 aromatic rings. The minimum atomic E-state index is 0.103. The first-order valence-electron chi connectivity index (χ1n) is 10.8. The first kappa shape index (κ1) is 18.1. The molecule has 4 heterocycles. The number of aliphatic hydroxyl groups excluding tert-OH is 1. The van der Waals surface area contributed by atoms with Gasteiger partial charge in [0, 0.05) is 31.4 Å². The van der Waals surface area contributed by atoms with Gasteiger partial charge in [-0.1, -0.05) is 0 Å². The van der Waals surface area contributed by atoms with Crippen molar-refractivity contribution < 1.29 is 5.11 Å². The van der Waals surface area contributed by atoms with Gasteiger partial charge in [-0.15, -0.1) is 0 Å². The van der Waals surface area contributed by atoms with Crippen LogP contribution in [0, 0.1) is 5.92 Å². The molecule has 0 unspecified atom stereocenters. The van der Waals surface area contributed by atoms with Crippen LogP contribution in [0.15, 0.2) is 18.5 Å². The van der Waals surface area contributed by atoms with Crippen molar-refractivity contribution in [1.29, 1.82) is 0 Å². The van der Waals surface area contributed by atoms with Crippen molar-refractivity contribution >= 4 is 5.95 Å². The van der Waals surface area contributed by atoms with Crippen molar-refractivity contribution in [3.63, 3.8) is 0 Å². The van der Waals surface area contributed by atoms with Crippen molar-refractivity contribution in [1.82, 2.24) is 24.6 Å². The van der Waals surface area contributed by atoms with Gasteiger partial charge in [0.2, 0.25) is 5.95 Å². The molecule has 3 aliphatic rings. The number of likely N-dealkylation sites (tertiary alicyclic amines) is 1. The van der Waals surface area contributed by atoms with Crippen molar-refractivity contribution in [2.45, 2.75) is 51.1 Å². The monoisotopic (exact) mass is 382 g/mol. The summed E-state index contributed by atoms with van der Waals surface area (Å²) in [6.07, 6.45) is 11.4. The van der Waals surface area contributed by atoms with Crippen molar-refractivity contribution in [3.05, 3.63) is 24.2 Å². The van der Waals surface area contributed by atoms with E-state index in [2.05, 4.69) is 19.9 Å². The maximum absolute atomic E-state index is 9.57. The molecule has 1 saturated carbocycles. The highest BCUT2D eigenvalue weighted by Crippen LogP contribution is 2.40. The van der Waals surface area contributed by atoms with Crippen LogP contribution in [-0.4, -0.2) is 62.5 Å². The molecule has 7 nitrogen and oxygen atoms in total. The largest absolute Gasteiger partial charge is 0.394 e. The van der Waals surface area contributed by atoms with Gasteiger partial charge in [-0.3, -0.25) is 9.58 Å². The summed E-state index contributed by atoms with van der Waals surface area (Å²) >= 11 is 0. The lowest BCUT2D eigenvalue weighted by atomic mass is 10.0. The molecule has 28 heavy (non-hydrogen) atoms. The van der Waals surface area contributed by atoms with Crippen LogP contribution in [-0.2, 0) is 6.54 Å². The fourth-order valence-corrected chi connectivity index (χ4v) is 4.77. The Morgan fingerprint density at radius 2 is 1.93 bits per heavy atom. The van der Waals surface area contributed by atoms with E-state index in [0.29, 0.717) is 12.6 Å². The fraction of sp³-hybridized carbons (Fsp3) is 0.667. The minimum Gasteiger partial charge on any atom is -0.394 e. The third-order valence-corrected chi connectivity index (χ3v) is 6.37. The molecule has 2 aliphatic heterocycles. The molecule has 5 rings (SSSR count). The number of nitrogens with zero attached hydrogens (tertiary/aromatic N) is 6. The molecule has 7 heteroatoms. The Balaban J connectivity index is 1.50. The highest BCUT2D eigenvalue weighted by Gasteiger charge is 2.35. The third-order valence-electron chi connectivity index (χ3n) is 6.37. The molecule has 0 spiro atoms. The molecular formula is C21H30N6O. The topological polar surface area (TPSA) is 70.3 Å². The lowest BCUT2D eigenvalue weighted by Crippen LogP contribution is -2.28. The zero-order valence-corrected chi connectivity index (χ0v) is 16.5. The Morgan fingerprint density at radius 1 is 1.07 bits per heavy atom. The van der Waals surface area contributed by atoms with Gasteiger partial charge in [-0.05, 0) is 57.1 Å². The summed E-state index contributed by atoms with van der Waals surface area (Å²) in [5.41, 5.74) is 3.27. The highest BCUT2D eigenvalue weighted by molar-refractivity contribution is 5.63. The molecule has 1 aliphatic carbocycles. The number of aromatic nitrogens is 4. The van der Waals surface area contributed by atoms with Crippen LogP contribution in [0.3, 0.4) is 0 Å². The first-order chi connectivity index (χ1) is 13.8. The van der Waals surface area contributed by atoms with Crippen LogP contribution in [0.2, 0.25) is 0 Å². The van der Waals surface area contributed by atoms with Crippen molar-refractivity contribution in [2.24, 2.45) is 5.92 Å².